The van der Waals surface area contributed by atoms with Crippen molar-refractivity contribution in [1.82, 2.24) is 0 Å². The van der Waals surface area contributed by atoms with Gasteiger partial charge in [0.05, 0.1) is 24.2 Å². The lowest BCUT2D eigenvalue weighted by Crippen LogP contribution is -2.45. The number of hydrogen-bond acceptors (Lipinski definition) is 4. The van der Waals surface area contributed by atoms with E-state index in [4.69, 9.17) is 13.9 Å². The number of aliphatic carboxylic acids is 1. The third-order valence-corrected chi connectivity index (χ3v) is 5.67. The van der Waals surface area contributed by atoms with Crippen molar-refractivity contribution < 1.29 is 23.8 Å². The molecule has 1 N–H and O–H groups in total. The summed E-state index contributed by atoms with van der Waals surface area (Å²) in [6, 6.07) is 1.93. The van der Waals surface area contributed by atoms with Gasteiger partial charge in [0.1, 0.15) is 0 Å². The summed E-state index contributed by atoms with van der Waals surface area (Å²) >= 11 is 0. The van der Waals surface area contributed by atoms with Crippen LogP contribution in [-0.4, -0.2) is 24.5 Å². The second-order valence-electron chi connectivity index (χ2n) is 7.41. The van der Waals surface area contributed by atoms with Gasteiger partial charge >= 0.3 is 5.97 Å². The molecule has 1 aliphatic heterocycles. The number of ether oxygens (including phenoxy) is 2. The Morgan fingerprint density at radius 2 is 2.27 bits per heavy atom. The average Bonchev–Trinajstić information content (AvgIpc) is 3.13. The van der Waals surface area contributed by atoms with Crippen molar-refractivity contribution in [3.05, 3.63) is 60.1 Å². The first-order valence-electron chi connectivity index (χ1n) is 8.93. The van der Waals surface area contributed by atoms with Crippen LogP contribution < -0.4 is 0 Å². The average molecular weight is 358 g/mol. The number of rotatable bonds is 3. The van der Waals surface area contributed by atoms with Gasteiger partial charge < -0.3 is 19.0 Å². The van der Waals surface area contributed by atoms with Gasteiger partial charge in [-0.05, 0) is 48.8 Å². The molecule has 0 saturated carbocycles. The lowest BCUT2D eigenvalue weighted by molar-refractivity contribution is -0.249. The fourth-order valence-electron chi connectivity index (χ4n) is 4.11. The fourth-order valence-corrected chi connectivity index (χ4v) is 4.11. The standard InChI is InChI=1S/C21H26O5/c1-14-7-8-17-20(24-3)26-18(15-9-11-25-13-15)12-21(17,2)10-5-4-6-16(14)19(22)23/h4-6,9,11,13,17-18,20H,1,7-8,10,12H2,2-3H3,(H,22,23)/b5-4-,16-6+/t17-,18-,20-,21-/m0/s1. The van der Waals surface area contributed by atoms with Crippen LogP contribution in [0.5, 0.6) is 0 Å². The Kier molecular flexibility index (Phi) is 5.49. The molecule has 0 radical (unpaired) electrons. The molecule has 5 heteroatoms. The minimum atomic E-state index is -0.939. The van der Waals surface area contributed by atoms with E-state index >= 15 is 0 Å². The molecule has 0 bridgehead atoms. The molecule has 3 rings (SSSR count). The Balaban J connectivity index is 1.91. The molecule has 0 amide bonds. The Morgan fingerprint density at radius 1 is 1.46 bits per heavy atom. The van der Waals surface area contributed by atoms with Gasteiger partial charge in [-0.3, -0.25) is 0 Å². The number of hydrogen-bond donors (Lipinski definition) is 1. The van der Waals surface area contributed by atoms with Crippen LogP contribution in [0.2, 0.25) is 0 Å². The molecule has 2 heterocycles. The molecule has 0 spiro atoms. The Morgan fingerprint density at radius 3 is 2.92 bits per heavy atom. The van der Waals surface area contributed by atoms with Gasteiger partial charge in [-0.25, -0.2) is 4.79 Å². The number of carboxylic acid groups (broad SMARTS) is 1. The molecule has 1 aromatic rings. The van der Waals surface area contributed by atoms with E-state index in [2.05, 4.69) is 13.5 Å². The summed E-state index contributed by atoms with van der Waals surface area (Å²) in [5.74, 6) is -0.795. The van der Waals surface area contributed by atoms with Crippen LogP contribution in [0, 0.1) is 11.3 Å². The minimum Gasteiger partial charge on any atom is -0.478 e. The Hall–Kier alpha value is -2.11. The van der Waals surface area contributed by atoms with Gasteiger partial charge in [-0.1, -0.05) is 25.7 Å². The van der Waals surface area contributed by atoms with E-state index in [1.165, 1.54) is 0 Å². The Bertz CT molecular complexity index is 715. The first kappa shape index (κ1) is 18.7. The third kappa shape index (κ3) is 3.69. The molecule has 0 unspecified atom stereocenters. The summed E-state index contributed by atoms with van der Waals surface area (Å²) in [5.41, 5.74) is 1.89. The zero-order valence-electron chi connectivity index (χ0n) is 15.3. The van der Waals surface area contributed by atoms with Crippen molar-refractivity contribution >= 4 is 5.97 Å². The van der Waals surface area contributed by atoms with Crippen LogP contribution in [-0.2, 0) is 14.3 Å². The molecule has 1 saturated heterocycles. The topological polar surface area (TPSA) is 68.9 Å². The maximum absolute atomic E-state index is 11.4. The van der Waals surface area contributed by atoms with Crippen molar-refractivity contribution in [3.63, 3.8) is 0 Å². The van der Waals surface area contributed by atoms with E-state index in [-0.39, 0.29) is 29.3 Å². The molecule has 4 atom stereocenters. The maximum atomic E-state index is 11.4. The van der Waals surface area contributed by atoms with E-state index in [1.54, 1.807) is 25.7 Å². The van der Waals surface area contributed by atoms with Crippen LogP contribution >= 0.6 is 0 Å². The number of carboxylic acids is 1. The van der Waals surface area contributed by atoms with Crippen LogP contribution in [0.1, 0.15) is 44.3 Å². The largest absolute Gasteiger partial charge is 0.478 e. The second-order valence-corrected chi connectivity index (χ2v) is 7.41. The van der Waals surface area contributed by atoms with Gasteiger partial charge in [-0.2, -0.15) is 0 Å². The van der Waals surface area contributed by atoms with Gasteiger partial charge in [0, 0.05) is 18.6 Å². The van der Waals surface area contributed by atoms with Crippen molar-refractivity contribution in [1.29, 1.82) is 0 Å². The first-order chi connectivity index (χ1) is 12.4. The molecular weight excluding hydrogens is 332 g/mol. The summed E-state index contributed by atoms with van der Waals surface area (Å²) in [4.78, 5) is 11.4. The van der Waals surface area contributed by atoms with E-state index in [0.717, 1.165) is 24.8 Å². The minimum absolute atomic E-state index is 0.0355. The smallest absolute Gasteiger partial charge is 0.335 e. The first-order valence-corrected chi connectivity index (χ1v) is 8.93. The molecule has 1 fully saturated rings. The van der Waals surface area contributed by atoms with E-state index < -0.39 is 5.97 Å². The lowest BCUT2D eigenvalue weighted by atomic mass is 9.66. The second kappa shape index (κ2) is 7.64. The highest BCUT2D eigenvalue weighted by Crippen LogP contribution is 2.51. The van der Waals surface area contributed by atoms with Crippen molar-refractivity contribution in [3.8, 4) is 0 Å². The van der Waals surface area contributed by atoms with Crippen LogP contribution in [0.25, 0.3) is 0 Å². The van der Waals surface area contributed by atoms with Crippen LogP contribution in [0.15, 0.2) is 59.0 Å². The highest BCUT2D eigenvalue weighted by molar-refractivity contribution is 5.91. The Labute approximate surface area is 154 Å². The van der Waals surface area contributed by atoms with Gasteiger partial charge in [0.2, 0.25) is 0 Å². The van der Waals surface area contributed by atoms with E-state index in [0.29, 0.717) is 12.0 Å². The van der Waals surface area contributed by atoms with Crippen molar-refractivity contribution in [2.75, 3.05) is 7.11 Å². The molecule has 140 valence electrons. The molecule has 0 aromatic carbocycles. The van der Waals surface area contributed by atoms with Crippen LogP contribution in [0.4, 0.5) is 0 Å². The summed E-state index contributed by atoms with van der Waals surface area (Å²) in [7, 11) is 1.66. The number of carbonyl (C=O) groups is 1. The highest BCUT2D eigenvalue weighted by atomic mass is 16.7. The number of fused-ring (bicyclic) bond motifs is 1. The monoisotopic (exact) mass is 358 g/mol. The van der Waals surface area contributed by atoms with Gasteiger partial charge in [-0.15, -0.1) is 0 Å². The summed E-state index contributed by atoms with van der Waals surface area (Å²) in [6.45, 7) is 6.24. The molecule has 1 aromatic heterocycles. The normalized spacial score (nSPS) is 35.8. The van der Waals surface area contributed by atoms with Crippen molar-refractivity contribution in [2.45, 2.75) is 45.0 Å². The molecule has 2 aliphatic rings. The highest BCUT2D eigenvalue weighted by Gasteiger charge is 2.46. The zero-order valence-corrected chi connectivity index (χ0v) is 15.3. The predicted molar refractivity (Wildman–Crippen MR) is 97.4 cm³/mol. The lowest BCUT2D eigenvalue weighted by Gasteiger charge is -2.48. The summed E-state index contributed by atoms with van der Waals surface area (Å²) < 4.78 is 17.1. The molecule has 5 nitrogen and oxygen atoms in total. The SMILES string of the molecule is C=C1CC[C@H]2[C@@H](OC)O[C@H](c3ccoc3)C[C@]2(C)C/C=C\C=C/1C(=O)O. The quantitative estimate of drug-likeness (QED) is 0.852. The van der Waals surface area contributed by atoms with Crippen LogP contribution in [0.3, 0.4) is 0 Å². The van der Waals surface area contributed by atoms with E-state index in [9.17, 15) is 9.90 Å². The van der Waals surface area contributed by atoms with Gasteiger partial charge in [0.25, 0.3) is 0 Å². The number of allylic oxidation sites excluding steroid dienone is 3. The van der Waals surface area contributed by atoms with Gasteiger partial charge in [0.15, 0.2) is 6.29 Å². The van der Waals surface area contributed by atoms with E-state index in [1.807, 2.05) is 18.2 Å². The predicted octanol–water partition coefficient (Wildman–Crippen LogP) is 4.64. The molecule has 26 heavy (non-hydrogen) atoms. The third-order valence-electron chi connectivity index (χ3n) is 5.67. The number of furan rings is 1. The zero-order chi connectivity index (χ0) is 18.7. The molecular formula is C21H26O5. The summed E-state index contributed by atoms with van der Waals surface area (Å²) in [6.07, 6.45) is 11.5. The maximum Gasteiger partial charge on any atom is 0.335 e. The fraction of sp³-hybridized carbons (Fsp3) is 0.476. The summed E-state index contributed by atoms with van der Waals surface area (Å²) in [5, 5.41) is 9.39. The molecule has 1 aliphatic carbocycles. The number of methoxy groups -OCH3 is 1. The van der Waals surface area contributed by atoms with Crippen molar-refractivity contribution in [2.24, 2.45) is 11.3 Å².